The monoisotopic (exact) mass is 330 g/mol. The maximum Gasteiger partial charge on any atom is 0.235 e. The highest BCUT2D eigenvalue weighted by Gasteiger charge is 2.20. The van der Waals surface area contributed by atoms with Crippen LogP contribution in [0, 0.1) is 11.7 Å². The Labute approximate surface area is 131 Å². The number of hydrogen-bond donors (Lipinski definition) is 1. The van der Waals surface area contributed by atoms with Crippen LogP contribution in [0.1, 0.15) is 25.8 Å². The third kappa shape index (κ3) is 6.53. The Morgan fingerprint density at radius 2 is 1.95 bits per heavy atom. The van der Waals surface area contributed by atoms with Gasteiger partial charge in [-0.2, -0.15) is 4.31 Å². The second-order valence-electron chi connectivity index (χ2n) is 5.65. The van der Waals surface area contributed by atoms with Crippen LogP contribution >= 0.6 is 0 Å². The molecule has 0 spiro atoms. The van der Waals surface area contributed by atoms with Crippen LogP contribution in [0.2, 0.25) is 0 Å². The van der Waals surface area contributed by atoms with Crippen LogP contribution < -0.4 is 5.32 Å². The second-order valence-corrected chi connectivity index (χ2v) is 7.63. The number of benzene rings is 1. The first-order chi connectivity index (χ1) is 10.2. The molecule has 0 saturated carbocycles. The summed E-state index contributed by atoms with van der Waals surface area (Å²) in [6.45, 7) is 4.05. The predicted octanol–water partition coefficient (Wildman–Crippen LogP) is 1.75. The van der Waals surface area contributed by atoms with Crippen molar-refractivity contribution in [1.82, 2.24) is 9.62 Å². The fourth-order valence-corrected chi connectivity index (χ4v) is 2.60. The number of carbonyl (C=O) groups excluding carboxylic acids is 1. The molecule has 5 nitrogen and oxygen atoms in total. The van der Waals surface area contributed by atoms with Crippen molar-refractivity contribution in [2.24, 2.45) is 5.92 Å². The minimum Gasteiger partial charge on any atom is -0.351 e. The summed E-state index contributed by atoms with van der Waals surface area (Å²) in [4.78, 5) is 11.9. The van der Waals surface area contributed by atoms with E-state index in [1.807, 2.05) is 13.8 Å². The lowest BCUT2D eigenvalue weighted by atomic mass is 10.1. The standard InChI is InChI=1S/C15H23FN2O3S/c1-12(2)8-9-18(22(3,20)21)11-15(19)17-10-13-6-4-5-7-14(13)16/h4-7,12H,8-11H2,1-3H3,(H,17,19). The summed E-state index contributed by atoms with van der Waals surface area (Å²) in [6.07, 6.45) is 1.76. The van der Waals surface area contributed by atoms with Crippen LogP contribution in [-0.4, -0.2) is 38.0 Å². The van der Waals surface area contributed by atoms with Crippen molar-refractivity contribution in [2.75, 3.05) is 19.3 Å². The lowest BCUT2D eigenvalue weighted by Gasteiger charge is -2.20. The summed E-state index contributed by atoms with van der Waals surface area (Å²) in [7, 11) is -3.45. The number of halogens is 1. The molecular weight excluding hydrogens is 307 g/mol. The van der Waals surface area contributed by atoms with Gasteiger partial charge >= 0.3 is 0 Å². The molecule has 0 aliphatic rings. The summed E-state index contributed by atoms with van der Waals surface area (Å²) in [5.41, 5.74) is 0.365. The molecule has 0 atom stereocenters. The first-order valence-corrected chi connectivity index (χ1v) is 9.00. The van der Waals surface area contributed by atoms with Gasteiger partial charge in [-0.15, -0.1) is 0 Å². The predicted molar refractivity (Wildman–Crippen MR) is 84.1 cm³/mol. The van der Waals surface area contributed by atoms with E-state index >= 15 is 0 Å². The zero-order valence-corrected chi connectivity index (χ0v) is 14.0. The van der Waals surface area contributed by atoms with Gasteiger partial charge in [0.1, 0.15) is 5.82 Å². The van der Waals surface area contributed by atoms with Crippen LogP contribution in [0.15, 0.2) is 24.3 Å². The SMILES string of the molecule is CC(C)CCN(CC(=O)NCc1ccccc1F)S(C)(=O)=O. The molecule has 1 rings (SSSR count). The summed E-state index contributed by atoms with van der Waals surface area (Å²) < 4.78 is 38.0. The molecule has 1 N–H and O–H groups in total. The van der Waals surface area contributed by atoms with E-state index in [1.165, 1.54) is 6.07 Å². The molecular formula is C15H23FN2O3S. The Kier molecular flexibility index (Phi) is 6.96. The van der Waals surface area contributed by atoms with E-state index in [0.29, 0.717) is 24.4 Å². The van der Waals surface area contributed by atoms with Gasteiger partial charge in [0.2, 0.25) is 15.9 Å². The van der Waals surface area contributed by atoms with Crippen molar-refractivity contribution in [1.29, 1.82) is 0 Å². The molecule has 0 unspecified atom stereocenters. The average Bonchev–Trinajstić information content (AvgIpc) is 2.41. The highest BCUT2D eigenvalue weighted by Crippen LogP contribution is 2.07. The number of amides is 1. The van der Waals surface area contributed by atoms with Crippen LogP contribution in [0.3, 0.4) is 0 Å². The minimum absolute atomic E-state index is 0.0350. The van der Waals surface area contributed by atoms with E-state index in [9.17, 15) is 17.6 Å². The number of rotatable bonds is 8. The van der Waals surface area contributed by atoms with Gasteiger partial charge in [0.05, 0.1) is 12.8 Å². The molecule has 1 amide bonds. The molecule has 22 heavy (non-hydrogen) atoms. The molecule has 0 radical (unpaired) electrons. The zero-order chi connectivity index (χ0) is 16.8. The first kappa shape index (κ1) is 18.6. The second kappa shape index (κ2) is 8.24. The molecule has 0 heterocycles. The number of nitrogens with zero attached hydrogens (tertiary/aromatic N) is 1. The van der Waals surface area contributed by atoms with E-state index < -0.39 is 21.7 Å². The van der Waals surface area contributed by atoms with Gasteiger partial charge in [-0.25, -0.2) is 12.8 Å². The topological polar surface area (TPSA) is 66.5 Å². The summed E-state index contributed by atoms with van der Waals surface area (Å²) in [5.74, 6) is -0.509. The van der Waals surface area contributed by atoms with Crippen molar-refractivity contribution < 1.29 is 17.6 Å². The van der Waals surface area contributed by atoms with Gasteiger partial charge in [-0.05, 0) is 18.4 Å². The summed E-state index contributed by atoms with van der Waals surface area (Å²) in [5, 5.41) is 2.54. The molecule has 0 bridgehead atoms. The Bertz CT molecular complexity index is 603. The number of carbonyl (C=O) groups is 1. The number of nitrogens with one attached hydrogen (secondary N) is 1. The molecule has 1 aromatic carbocycles. The smallest absolute Gasteiger partial charge is 0.235 e. The van der Waals surface area contributed by atoms with E-state index in [-0.39, 0.29) is 13.1 Å². The van der Waals surface area contributed by atoms with Crippen molar-refractivity contribution in [3.8, 4) is 0 Å². The normalized spacial score (nSPS) is 11.9. The van der Waals surface area contributed by atoms with E-state index in [4.69, 9.17) is 0 Å². The van der Waals surface area contributed by atoms with Crippen LogP contribution in [0.5, 0.6) is 0 Å². The maximum atomic E-state index is 13.4. The van der Waals surface area contributed by atoms with Gasteiger partial charge in [-0.3, -0.25) is 4.79 Å². The molecule has 0 aromatic heterocycles. The van der Waals surface area contributed by atoms with Gasteiger partial charge in [0.15, 0.2) is 0 Å². The molecule has 124 valence electrons. The van der Waals surface area contributed by atoms with Crippen LogP contribution in [0.25, 0.3) is 0 Å². The van der Waals surface area contributed by atoms with Crippen molar-refractivity contribution in [3.05, 3.63) is 35.6 Å². The third-order valence-electron chi connectivity index (χ3n) is 3.18. The van der Waals surface area contributed by atoms with Crippen molar-refractivity contribution >= 4 is 15.9 Å². The van der Waals surface area contributed by atoms with E-state index in [1.54, 1.807) is 18.2 Å². The Balaban J connectivity index is 2.58. The number of hydrogen-bond acceptors (Lipinski definition) is 3. The fraction of sp³-hybridized carbons (Fsp3) is 0.533. The maximum absolute atomic E-state index is 13.4. The van der Waals surface area contributed by atoms with Crippen LogP contribution in [0.4, 0.5) is 4.39 Å². The molecule has 0 saturated heterocycles. The molecule has 0 aliphatic heterocycles. The van der Waals surface area contributed by atoms with Gasteiger partial charge in [-0.1, -0.05) is 32.0 Å². The number of sulfonamides is 1. The molecule has 1 aromatic rings. The van der Waals surface area contributed by atoms with Gasteiger partial charge < -0.3 is 5.32 Å². The fourth-order valence-electron chi connectivity index (χ4n) is 1.82. The largest absolute Gasteiger partial charge is 0.351 e. The van der Waals surface area contributed by atoms with Gasteiger partial charge in [0.25, 0.3) is 0 Å². The average molecular weight is 330 g/mol. The minimum atomic E-state index is -3.45. The first-order valence-electron chi connectivity index (χ1n) is 7.15. The quantitative estimate of drug-likeness (QED) is 0.790. The lowest BCUT2D eigenvalue weighted by molar-refractivity contribution is -0.121. The Morgan fingerprint density at radius 1 is 1.32 bits per heavy atom. The molecule has 7 heteroatoms. The summed E-state index contributed by atoms with van der Waals surface area (Å²) >= 11 is 0. The van der Waals surface area contributed by atoms with E-state index in [0.717, 1.165) is 10.6 Å². The highest BCUT2D eigenvalue weighted by atomic mass is 32.2. The Morgan fingerprint density at radius 3 is 2.50 bits per heavy atom. The van der Waals surface area contributed by atoms with Crippen molar-refractivity contribution in [2.45, 2.75) is 26.8 Å². The van der Waals surface area contributed by atoms with Crippen molar-refractivity contribution in [3.63, 3.8) is 0 Å². The van der Waals surface area contributed by atoms with Gasteiger partial charge in [0, 0.05) is 18.7 Å². The Hall–Kier alpha value is -1.47. The summed E-state index contributed by atoms with van der Waals surface area (Å²) in [6, 6.07) is 6.13. The van der Waals surface area contributed by atoms with Crippen LogP contribution in [-0.2, 0) is 21.4 Å². The highest BCUT2D eigenvalue weighted by molar-refractivity contribution is 7.88. The third-order valence-corrected chi connectivity index (χ3v) is 4.43. The molecule has 0 fully saturated rings. The molecule has 0 aliphatic carbocycles. The van der Waals surface area contributed by atoms with E-state index in [2.05, 4.69) is 5.32 Å². The lowest BCUT2D eigenvalue weighted by Crippen LogP contribution is -2.40. The zero-order valence-electron chi connectivity index (χ0n) is 13.2.